The van der Waals surface area contributed by atoms with Crippen molar-refractivity contribution in [1.82, 2.24) is 10.2 Å². The molecule has 1 N–H and O–H groups in total. The van der Waals surface area contributed by atoms with Crippen molar-refractivity contribution in [2.45, 2.75) is 25.6 Å². The highest BCUT2D eigenvalue weighted by molar-refractivity contribution is 5.78. The maximum Gasteiger partial charge on any atom is 0.387 e. The Morgan fingerprint density at radius 3 is 2.76 bits per heavy atom. The first-order valence-corrected chi connectivity index (χ1v) is 6.58. The van der Waals surface area contributed by atoms with E-state index in [0.29, 0.717) is 19.5 Å². The fraction of sp³-hybridized carbons (Fsp3) is 0.500. The lowest BCUT2D eigenvalue weighted by Gasteiger charge is -2.14. The van der Waals surface area contributed by atoms with E-state index < -0.39 is 6.61 Å². The zero-order chi connectivity index (χ0) is 15.4. The molecule has 0 unspecified atom stereocenters. The van der Waals surface area contributed by atoms with Gasteiger partial charge in [0.15, 0.2) is 11.5 Å². The first kappa shape index (κ1) is 15.5. The van der Waals surface area contributed by atoms with Crippen LogP contribution in [0.3, 0.4) is 0 Å². The molecule has 0 radical (unpaired) electrons. The number of halogens is 2. The number of hydrogen-bond acceptors (Lipinski definition) is 4. The van der Waals surface area contributed by atoms with E-state index in [1.165, 1.54) is 13.2 Å². The summed E-state index contributed by atoms with van der Waals surface area (Å²) in [5, 5.41) is 3.23. The van der Waals surface area contributed by atoms with Crippen molar-refractivity contribution in [3.8, 4) is 11.5 Å². The SMILES string of the molecule is COc1ccc(CN[C@@H]2CC(=O)N(C)C2)cc1OC(F)F. The minimum atomic E-state index is -2.90. The Kier molecular flexibility index (Phi) is 4.95. The van der Waals surface area contributed by atoms with Crippen LogP contribution in [0.25, 0.3) is 0 Å². The molecule has 1 aromatic rings. The van der Waals surface area contributed by atoms with Crippen LogP contribution in [0.5, 0.6) is 11.5 Å². The van der Waals surface area contributed by atoms with E-state index in [-0.39, 0.29) is 23.4 Å². The van der Waals surface area contributed by atoms with Crippen LogP contribution in [0, 0.1) is 0 Å². The summed E-state index contributed by atoms with van der Waals surface area (Å²) < 4.78 is 34.1. The number of likely N-dealkylation sites (N-methyl/N-ethyl adjacent to an activating group) is 1. The number of rotatable bonds is 6. The van der Waals surface area contributed by atoms with Crippen LogP contribution in [0.15, 0.2) is 18.2 Å². The highest BCUT2D eigenvalue weighted by Gasteiger charge is 2.26. The topological polar surface area (TPSA) is 50.8 Å². The molecule has 1 heterocycles. The van der Waals surface area contributed by atoms with Gasteiger partial charge in [0, 0.05) is 32.6 Å². The molecular formula is C14H18F2N2O3. The number of alkyl halides is 2. The molecule has 1 atom stereocenters. The van der Waals surface area contributed by atoms with Crippen molar-refractivity contribution in [1.29, 1.82) is 0 Å². The minimum Gasteiger partial charge on any atom is -0.493 e. The van der Waals surface area contributed by atoms with Gasteiger partial charge in [-0.1, -0.05) is 6.07 Å². The van der Waals surface area contributed by atoms with Crippen LogP contribution in [-0.4, -0.2) is 44.2 Å². The summed E-state index contributed by atoms with van der Waals surface area (Å²) in [6.45, 7) is -1.78. The molecule has 0 spiro atoms. The predicted octanol–water partition coefficient (Wildman–Crippen LogP) is 1.62. The third-order valence-electron chi connectivity index (χ3n) is 3.38. The van der Waals surface area contributed by atoms with Crippen molar-refractivity contribution in [3.63, 3.8) is 0 Å². The van der Waals surface area contributed by atoms with Gasteiger partial charge in [0.2, 0.25) is 5.91 Å². The smallest absolute Gasteiger partial charge is 0.387 e. The van der Waals surface area contributed by atoms with Crippen LogP contribution < -0.4 is 14.8 Å². The third-order valence-corrected chi connectivity index (χ3v) is 3.38. The van der Waals surface area contributed by atoms with E-state index in [2.05, 4.69) is 10.1 Å². The molecule has 0 aromatic heterocycles. The molecule has 21 heavy (non-hydrogen) atoms. The quantitative estimate of drug-likeness (QED) is 0.867. The maximum absolute atomic E-state index is 12.3. The predicted molar refractivity (Wildman–Crippen MR) is 72.5 cm³/mol. The van der Waals surface area contributed by atoms with Crippen molar-refractivity contribution in [3.05, 3.63) is 23.8 Å². The van der Waals surface area contributed by atoms with E-state index in [0.717, 1.165) is 5.56 Å². The Bertz CT molecular complexity index is 511. The zero-order valence-electron chi connectivity index (χ0n) is 11.9. The molecule has 1 aromatic carbocycles. The van der Waals surface area contributed by atoms with E-state index in [9.17, 15) is 13.6 Å². The summed E-state index contributed by atoms with van der Waals surface area (Å²) in [4.78, 5) is 13.1. The molecule has 2 rings (SSSR count). The molecule has 0 aliphatic carbocycles. The van der Waals surface area contributed by atoms with Gasteiger partial charge < -0.3 is 19.7 Å². The van der Waals surface area contributed by atoms with Crippen LogP contribution in [0.2, 0.25) is 0 Å². The lowest BCUT2D eigenvalue weighted by molar-refractivity contribution is -0.126. The number of benzene rings is 1. The number of hydrogen-bond donors (Lipinski definition) is 1. The molecule has 7 heteroatoms. The van der Waals surface area contributed by atoms with E-state index in [4.69, 9.17) is 4.74 Å². The summed E-state index contributed by atoms with van der Waals surface area (Å²) >= 11 is 0. The van der Waals surface area contributed by atoms with Gasteiger partial charge in [-0.3, -0.25) is 4.79 Å². The number of likely N-dealkylation sites (tertiary alicyclic amines) is 1. The summed E-state index contributed by atoms with van der Waals surface area (Å²) in [6.07, 6.45) is 0.451. The number of amides is 1. The number of methoxy groups -OCH3 is 1. The highest BCUT2D eigenvalue weighted by atomic mass is 19.3. The van der Waals surface area contributed by atoms with Gasteiger partial charge in [-0.25, -0.2) is 0 Å². The largest absolute Gasteiger partial charge is 0.493 e. The third kappa shape index (κ3) is 4.04. The first-order valence-electron chi connectivity index (χ1n) is 6.58. The Labute approximate surface area is 121 Å². The average Bonchev–Trinajstić information content (AvgIpc) is 2.75. The molecule has 116 valence electrons. The minimum absolute atomic E-state index is 0.00594. The first-order chi connectivity index (χ1) is 9.99. The lowest BCUT2D eigenvalue weighted by atomic mass is 10.1. The maximum atomic E-state index is 12.3. The number of carbonyl (C=O) groups excluding carboxylic acids is 1. The van der Waals surface area contributed by atoms with Crippen LogP contribution in [-0.2, 0) is 11.3 Å². The molecule has 1 fully saturated rings. The Hall–Kier alpha value is -1.89. The second-order valence-electron chi connectivity index (χ2n) is 4.92. The van der Waals surface area contributed by atoms with Gasteiger partial charge >= 0.3 is 6.61 Å². The second-order valence-corrected chi connectivity index (χ2v) is 4.92. The molecular weight excluding hydrogens is 282 g/mol. The highest BCUT2D eigenvalue weighted by Crippen LogP contribution is 2.29. The molecule has 1 amide bonds. The molecule has 1 aliphatic rings. The fourth-order valence-electron chi connectivity index (χ4n) is 2.28. The molecule has 5 nitrogen and oxygen atoms in total. The number of nitrogens with zero attached hydrogens (tertiary/aromatic N) is 1. The molecule has 0 saturated carbocycles. The van der Waals surface area contributed by atoms with Crippen LogP contribution >= 0.6 is 0 Å². The number of carbonyl (C=O) groups is 1. The van der Waals surface area contributed by atoms with Gasteiger partial charge in [-0.2, -0.15) is 8.78 Å². The summed E-state index contributed by atoms with van der Waals surface area (Å²) in [5.41, 5.74) is 0.786. The standard InChI is InChI=1S/C14H18F2N2O3/c1-18-8-10(6-13(18)19)17-7-9-3-4-11(20-2)12(5-9)21-14(15)16/h3-5,10,14,17H,6-8H2,1-2H3/t10-/m1/s1. The zero-order valence-corrected chi connectivity index (χ0v) is 11.9. The Morgan fingerprint density at radius 2 is 2.19 bits per heavy atom. The van der Waals surface area contributed by atoms with Gasteiger partial charge in [-0.05, 0) is 17.7 Å². The van der Waals surface area contributed by atoms with Gasteiger partial charge in [0.1, 0.15) is 0 Å². The van der Waals surface area contributed by atoms with E-state index in [1.807, 2.05) is 0 Å². The van der Waals surface area contributed by atoms with Crippen molar-refractivity contribution in [2.24, 2.45) is 0 Å². The van der Waals surface area contributed by atoms with Gasteiger partial charge in [0.25, 0.3) is 0 Å². The van der Waals surface area contributed by atoms with E-state index in [1.54, 1.807) is 24.1 Å². The van der Waals surface area contributed by atoms with Crippen molar-refractivity contribution < 1.29 is 23.0 Å². The number of nitrogens with one attached hydrogen (secondary N) is 1. The lowest BCUT2D eigenvalue weighted by Crippen LogP contribution is -2.31. The van der Waals surface area contributed by atoms with E-state index >= 15 is 0 Å². The Balaban J connectivity index is 1.98. The number of ether oxygens (including phenoxy) is 2. The van der Waals surface area contributed by atoms with Crippen LogP contribution in [0.1, 0.15) is 12.0 Å². The summed E-state index contributed by atoms with van der Waals surface area (Å²) in [7, 11) is 3.15. The molecule has 1 aliphatic heterocycles. The van der Waals surface area contributed by atoms with Crippen molar-refractivity contribution in [2.75, 3.05) is 20.7 Å². The van der Waals surface area contributed by atoms with Gasteiger partial charge in [-0.15, -0.1) is 0 Å². The van der Waals surface area contributed by atoms with Crippen molar-refractivity contribution >= 4 is 5.91 Å². The van der Waals surface area contributed by atoms with Gasteiger partial charge in [0.05, 0.1) is 7.11 Å². The Morgan fingerprint density at radius 1 is 1.43 bits per heavy atom. The fourth-order valence-corrected chi connectivity index (χ4v) is 2.28. The summed E-state index contributed by atoms with van der Waals surface area (Å²) in [5.74, 6) is 0.366. The van der Waals surface area contributed by atoms with Crippen LogP contribution in [0.4, 0.5) is 8.78 Å². The molecule has 1 saturated heterocycles. The summed E-state index contributed by atoms with van der Waals surface area (Å²) in [6, 6.07) is 4.94. The average molecular weight is 300 g/mol. The normalized spacial score (nSPS) is 18.4. The monoisotopic (exact) mass is 300 g/mol. The molecule has 0 bridgehead atoms. The second kappa shape index (κ2) is 6.71.